The van der Waals surface area contributed by atoms with Crippen molar-refractivity contribution in [1.29, 1.82) is 0 Å². The number of anilines is 1. The van der Waals surface area contributed by atoms with Gasteiger partial charge in [-0.3, -0.25) is 4.79 Å². The predicted molar refractivity (Wildman–Crippen MR) is 81.0 cm³/mol. The molecule has 1 N–H and O–H groups in total. The normalized spacial score (nSPS) is 10.9. The average molecular weight is 289 g/mol. The molecule has 21 heavy (non-hydrogen) atoms. The average Bonchev–Trinajstić information content (AvgIpc) is 2.78. The van der Waals surface area contributed by atoms with Crippen LogP contribution >= 0.6 is 0 Å². The fourth-order valence-corrected chi connectivity index (χ4v) is 1.99. The highest BCUT2D eigenvalue weighted by Crippen LogP contribution is 2.18. The maximum absolute atomic E-state index is 13.0. The zero-order valence-electron chi connectivity index (χ0n) is 12.6. The van der Waals surface area contributed by atoms with E-state index in [9.17, 15) is 9.18 Å². The van der Waals surface area contributed by atoms with Crippen molar-refractivity contribution >= 4 is 11.7 Å². The summed E-state index contributed by atoms with van der Waals surface area (Å²) in [5, 5.41) is 7.21. The quantitative estimate of drug-likeness (QED) is 0.912. The molecule has 0 atom stereocenters. The number of amides is 1. The number of carbonyl (C=O) groups is 1. The van der Waals surface area contributed by atoms with Gasteiger partial charge in [-0.15, -0.1) is 0 Å². The molecule has 0 saturated heterocycles. The Balaban J connectivity index is 2.17. The van der Waals surface area contributed by atoms with Crippen LogP contribution in [0.25, 0.3) is 5.69 Å². The van der Waals surface area contributed by atoms with Gasteiger partial charge in [-0.05, 0) is 43.5 Å². The summed E-state index contributed by atoms with van der Waals surface area (Å²) in [4.78, 5) is 12.0. The second kappa shape index (κ2) is 6.52. The first kappa shape index (κ1) is 15.2. The number of rotatable bonds is 5. The smallest absolute Gasteiger partial charge is 0.225 e. The lowest BCUT2D eigenvalue weighted by Crippen LogP contribution is -2.15. The zero-order chi connectivity index (χ0) is 15.4. The molecule has 1 heterocycles. The van der Waals surface area contributed by atoms with E-state index in [0.29, 0.717) is 23.8 Å². The molecule has 1 aromatic heterocycles. The molecule has 0 spiro atoms. The molecule has 0 fully saturated rings. The van der Waals surface area contributed by atoms with Crippen LogP contribution in [0, 0.1) is 18.7 Å². The summed E-state index contributed by atoms with van der Waals surface area (Å²) in [6.07, 6.45) is 1.32. The predicted octanol–water partition coefficient (Wildman–Crippen LogP) is 3.69. The van der Waals surface area contributed by atoms with Crippen molar-refractivity contribution in [1.82, 2.24) is 9.78 Å². The molecule has 1 amide bonds. The van der Waals surface area contributed by atoms with Crippen LogP contribution in [-0.2, 0) is 4.79 Å². The Hall–Kier alpha value is -2.17. The topological polar surface area (TPSA) is 46.9 Å². The Kier molecular flexibility index (Phi) is 4.73. The Labute approximate surface area is 124 Å². The summed E-state index contributed by atoms with van der Waals surface area (Å²) in [6.45, 7) is 6.02. The molecule has 1 aromatic carbocycles. The van der Waals surface area contributed by atoms with Gasteiger partial charge < -0.3 is 5.32 Å². The van der Waals surface area contributed by atoms with Crippen molar-refractivity contribution in [3.8, 4) is 5.69 Å². The molecule has 0 aliphatic carbocycles. The van der Waals surface area contributed by atoms with E-state index in [0.717, 1.165) is 12.1 Å². The number of carbonyl (C=O) groups excluding carboxylic acids is 1. The van der Waals surface area contributed by atoms with Crippen molar-refractivity contribution in [2.75, 3.05) is 5.32 Å². The molecule has 2 aromatic rings. The second-order valence-electron chi connectivity index (χ2n) is 5.54. The third-order valence-electron chi connectivity index (χ3n) is 3.12. The maximum Gasteiger partial charge on any atom is 0.225 e. The molecule has 0 aliphatic heterocycles. The molecular formula is C16H20FN3O. The van der Waals surface area contributed by atoms with Crippen LogP contribution in [0.3, 0.4) is 0 Å². The summed E-state index contributed by atoms with van der Waals surface area (Å²) in [7, 11) is 0. The molecule has 4 nitrogen and oxygen atoms in total. The Morgan fingerprint density at radius 2 is 2.00 bits per heavy atom. The van der Waals surface area contributed by atoms with Crippen LogP contribution < -0.4 is 5.32 Å². The molecule has 5 heteroatoms. The molecule has 0 saturated carbocycles. The summed E-state index contributed by atoms with van der Waals surface area (Å²) < 4.78 is 14.6. The van der Waals surface area contributed by atoms with Gasteiger partial charge in [0.1, 0.15) is 11.6 Å². The molecule has 0 aliphatic rings. The summed E-state index contributed by atoms with van der Waals surface area (Å²) in [5.41, 5.74) is 1.50. The van der Waals surface area contributed by atoms with Crippen LogP contribution in [0.15, 0.2) is 30.3 Å². The number of hydrogen-bond acceptors (Lipinski definition) is 2. The number of hydrogen-bond donors (Lipinski definition) is 1. The van der Waals surface area contributed by atoms with Crippen LogP contribution in [0.5, 0.6) is 0 Å². The third-order valence-corrected chi connectivity index (χ3v) is 3.12. The minimum absolute atomic E-state index is 0.0352. The van der Waals surface area contributed by atoms with Gasteiger partial charge in [0.2, 0.25) is 5.91 Å². The fourth-order valence-electron chi connectivity index (χ4n) is 1.99. The molecule has 0 radical (unpaired) electrons. The van der Waals surface area contributed by atoms with E-state index in [-0.39, 0.29) is 11.7 Å². The van der Waals surface area contributed by atoms with E-state index in [1.807, 2.05) is 6.92 Å². The highest BCUT2D eigenvalue weighted by molar-refractivity contribution is 5.90. The second-order valence-corrected chi connectivity index (χ2v) is 5.54. The Bertz CT molecular complexity index is 617. The first-order valence-corrected chi connectivity index (χ1v) is 7.08. The van der Waals surface area contributed by atoms with Crippen LogP contribution in [0.4, 0.5) is 10.2 Å². The number of nitrogens with one attached hydrogen (secondary N) is 1. The number of halogens is 1. The molecule has 2 rings (SSSR count). The molecule has 112 valence electrons. The Morgan fingerprint density at radius 3 is 2.62 bits per heavy atom. The van der Waals surface area contributed by atoms with Gasteiger partial charge >= 0.3 is 0 Å². The van der Waals surface area contributed by atoms with Gasteiger partial charge in [-0.1, -0.05) is 13.8 Å². The van der Waals surface area contributed by atoms with Gasteiger partial charge in [0, 0.05) is 12.5 Å². The van der Waals surface area contributed by atoms with Gasteiger partial charge in [0.05, 0.1) is 11.4 Å². The standard InChI is InChI=1S/C16H20FN3O/c1-11(2)4-9-16(21)18-15-10-12(3)19-20(15)14-7-5-13(17)6-8-14/h5-8,10-11H,4,9H2,1-3H3,(H,18,21). The van der Waals surface area contributed by atoms with E-state index in [1.165, 1.54) is 12.1 Å². The van der Waals surface area contributed by atoms with E-state index < -0.39 is 0 Å². The van der Waals surface area contributed by atoms with Crippen LogP contribution in [-0.4, -0.2) is 15.7 Å². The lowest BCUT2D eigenvalue weighted by molar-refractivity contribution is -0.116. The van der Waals surface area contributed by atoms with Crippen molar-refractivity contribution in [3.05, 3.63) is 41.8 Å². The van der Waals surface area contributed by atoms with Gasteiger partial charge in [0.25, 0.3) is 0 Å². The molecule has 0 unspecified atom stereocenters. The first-order valence-electron chi connectivity index (χ1n) is 7.08. The number of benzene rings is 1. The summed E-state index contributed by atoms with van der Waals surface area (Å²) >= 11 is 0. The molecule has 0 bridgehead atoms. The van der Waals surface area contributed by atoms with Crippen molar-refractivity contribution < 1.29 is 9.18 Å². The van der Waals surface area contributed by atoms with Crippen molar-refractivity contribution in [2.24, 2.45) is 5.92 Å². The van der Waals surface area contributed by atoms with Crippen LogP contribution in [0.2, 0.25) is 0 Å². The fraction of sp³-hybridized carbons (Fsp3) is 0.375. The highest BCUT2D eigenvalue weighted by atomic mass is 19.1. The lowest BCUT2D eigenvalue weighted by Gasteiger charge is -2.09. The van der Waals surface area contributed by atoms with E-state index in [2.05, 4.69) is 24.3 Å². The minimum atomic E-state index is -0.301. The Morgan fingerprint density at radius 1 is 1.33 bits per heavy atom. The van der Waals surface area contributed by atoms with E-state index in [4.69, 9.17) is 0 Å². The summed E-state index contributed by atoms with van der Waals surface area (Å²) in [6, 6.07) is 7.81. The van der Waals surface area contributed by atoms with Crippen molar-refractivity contribution in [3.63, 3.8) is 0 Å². The zero-order valence-corrected chi connectivity index (χ0v) is 12.6. The molecular weight excluding hydrogens is 269 g/mol. The van der Waals surface area contributed by atoms with Gasteiger partial charge in [-0.25, -0.2) is 9.07 Å². The van der Waals surface area contributed by atoms with E-state index >= 15 is 0 Å². The summed E-state index contributed by atoms with van der Waals surface area (Å²) in [5.74, 6) is 0.754. The lowest BCUT2D eigenvalue weighted by atomic mass is 10.1. The number of aryl methyl sites for hydroxylation is 1. The highest BCUT2D eigenvalue weighted by Gasteiger charge is 2.11. The van der Waals surface area contributed by atoms with Crippen LogP contribution in [0.1, 0.15) is 32.4 Å². The first-order chi connectivity index (χ1) is 9.95. The number of aromatic nitrogens is 2. The largest absolute Gasteiger partial charge is 0.311 e. The number of nitrogens with zero attached hydrogens (tertiary/aromatic N) is 2. The van der Waals surface area contributed by atoms with E-state index in [1.54, 1.807) is 22.9 Å². The third kappa shape index (κ3) is 4.15. The van der Waals surface area contributed by atoms with Gasteiger partial charge in [-0.2, -0.15) is 5.10 Å². The maximum atomic E-state index is 13.0. The van der Waals surface area contributed by atoms with Crippen molar-refractivity contribution in [2.45, 2.75) is 33.6 Å². The SMILES string of the molecule is Cc1cc(NC(=O)CCC(C)C)n(-c2ccc(F)cc2)n1. The monoisotopic (exact) mass is 289 g/mol. The van der Waals surface area contributed by atoms with Gasteiger partial charge in [0.15, 0.2) is 0 Å². The minimum Gasteiger partial charge on any atom is -0.311 e.